The highest BCUT2D eigenvalue weighted by Crippen LogP contribution is 2.41. The average molecular weight is 470 g/mol. The number of halogens is 2. The van der Waals surface area contributed by atoms with E-state index in [0.29, 0.717) is 22.9 Å². The van der Waals surface area contributed by atoms with Crippen LogP contribution in [0, 0.1) is 5.41 Å². The van der Waals surface area contributed by atoms with Crippen molar-refractivity contribution in [1.29, 1.82) is 0 Å². The molecule has 2 aliphatic heterocycles. The van der Waals surface area contributed by atoms with Crippen LogP contribution in [0.5, 0.6) is 0 Å². The summed E-state index contributed by atoms with van der Waals surface area (Å²) in [6.07, 6.45) is 4.86. The zero-order chi connectivity index (χ0) is 22.3. The van der Waals surface area contributed by atoms with Crippen LogP contribution >= 0.6 is 23.2 Å². The van der Waals surface area contributed by atoms with Crippen molar-refractivity contribution in [2.24, 2.45) is 5.41 Å². The number of carbonyl (C=O) groups is 2. The van der Waals surface area contributed by atoms with Crippen molar-refractivity contribution in [3.05, 3.63) is 69.8 Å². The van der Waals surface area contributed by atoms with E-state index in [4.69, 9.17) is 23.2 Å². The third-order valence-electron chi connectivity index (χ3n) is 6.87. The molecule has 1 spiro atoms. The molecule has 0 saturated carbocycles. The van der Waals surface area contributed by atoms with Crippen molar-refractivity contribution >= 4 is 45.9 Å². The third kappa shape index (κ3) is 4.24. The molecule has 166 valence electrons. The van der Waals surface area contributed by atoms with Gasteiger partial charge in [0, 0.05) is 65.3 Å². The standard InChI is InChI=1S/C25H25Cl2N3O2/c26-20-11-17(12-21(27)14-20)1-4-23(31)29-9-6-25(7-10-29)15-30(16-25)24(32)19-3-2-18-5-8-28-22(18)13-19/h2-3,5,8,11-14,28H,1,4,6-7,9-10,15-16H2. The van der Waals surface area contributed by atoms with Crippen LogP contribution in [0.15, 0.2) is 48.7 Å². The monoisotopic (exact) mass is 469 g/mol. The van der Waals surface area contributed by atoms with Gasteiger partial charge in [0.25, 0.3) is 5.91 Å². The van der Waals surface area contributed by atoms with Gasteiger partial charge in [-0.3, -0.25) is 9.59 Å². The maximum Gasteiger partial charge on any atom is 0.253 e. The third-order valence-corrected chi connectivity index (χ3v) is 7.30. The predicted octanol–water partition coefficient (Wildman–Crippen LogP) is 5.17. The molecule has 2 fully saturated rings. The Morgan fingerprint density at radius 2 is 1.66 bits per heavy atom. The van der Waals surface area contributed by atoms with Gasteiger partial charge >= 0.3 is 0 Å². The molecule has 5 rings (SSSR count). The molecular weight excluding hydrogens is 445 g/mol. The minimum atomic E-state index is 0.0887. The van der Waals surface area contributed by atoms with E-state index < -0.39 is 0 Å². The van der Waals surface area contributed by atoms with Gasteiger partial charge in [-0.15, -0.1) is 0 Å². The lowest BCUT2D eigenvalue weighted by Crippen LogP contribution is -2.62. The molecule has 2 aliphatic rings. The number of piperidine rings is 1. The average Bonchev–Trinajstić information content (AvgIpc) is 3.23. The minimum absolute atomic E-state index is 0.0887. The number of likely N-dealkylation sites (tertiary alicyclic amines) is 2. The van der Waals surface area contributed by atoms with Crippen molar-refractivity contribution in [2.75, 3.05) is 26.2 Å². The van der Waals surface area contributed by atoms with Crippen molar-refractivity contribution < 1.29 is 9.59 Å². The Hall–Kier alpha value is -2.50. The summed E-state index contributed by atoms with van der Waals surface area (Å²) in [7, 11) is 0. The number of aromatic amines is 1. The molecule has 0 atom stereocenters. The van der Waals surface area contributed by atoms with Crippen LogP contribution in [0.1, 0.15) is 35.2 Å². The highest BCUT2D eigenvalue weighted by Gasteiger charge is 2.47. The molecule has 1 aromatic heterocycles. The van der Waals surface area contributed by atoms with E-state index in [1.807, 2.05) is 52.4 Å². The number of amides is 2. The Balaban J connectivity index is 1.11. The number of aromatic nitrogens is 1. The second-order valence-corrected chi connectivity index (χ2v) is 9.97. The van der Waals surface area contributed by atoms with E-state index in [1.54, 1.807) is 6.07 Å². The number of benzene rings is 2. The van der Waals surface area contributed by atoms with Gasteiger partial charge in [-0.1, -0.05) is 29.3 Å². The zero-order valence-corrected chi connectivity index (χ0v) is 19.3. The summed E-state index contributed by atoms with van der Waals surface area (Å²) < 4.78 is 0. The molecule has 7 heteroatoms. The first-order valence-corrected chi connectivity index (χ1v) is 11.8. The lowest BCUT2D eigenvalue weighted by Gasteiger charge is -2.54. The van der Waals surface area contributed by atoms with Crippen LogP contribution in [0.25, 0.3) is 10.9 Å². The molecule has 0 unspecified atom stereocenters. The topological polar surface area (TPSA) is 56.4 Å². The molecule has 1 N–H and O–H groups in total. The molecular formula is C25H25Cl2N3O2. The first-order chi connectivity index (χ1) is 15.4. The summed E-state index contributed by atoms with van der Waals surface area (Å²) in [4.78, 5) is 32.6. The Labute approximate surface area is 197 Å². The number of carbonyl (C=O) groups excluding carboxylic acids is 2. The van der Waals surface area contributed by atoms with Crippen molar-refractivity contribution in [3.63, 3.8) is 0 Å². The number of rotatable bonds is 4. The maximum atomic E-state index is 12.9. The van der Waals surface area contributed by atoms with Crippen LogP contribution in [-0.2, 0) is 11.2 Å². The molecule has 2 amide bonds. The van der Waals surface area contributed by atoms with Gasteiger partial charge in [0.1, 0.15) is 0 Å². The summed E-state index contributed by atoms with van der Waals surface area (Å²) in [5.74, 6) is 0.258. The molecule has 3 heterocycles. The fraction of sp³-hybridized carbons (Fsp3) is 0.360. The van der Waals surface area contributed by atoms with E-state index in [-0.39, 0.29) is 17.2 Å². The van der Waals surface area contributed by atoms with Gasteiger partial charge in [-0.25, -0.2) is 0 Å². The van der Waals surface area contributed by atoms with Crippen molar-refractivity contribution in [3.8, 4) is 0 Å². The fourth-order valence-corrected chi connectivity index (χ4v) is 5.55. The van der Waals surface area contributed by atoms with E-state index >= 15 is 0 Å². The molecule has 3 aromatic rings. The SMILES string of the molecule is O=C(CCc1cc(Cl)cc(Cl)c1)N1CCC2(CC1)CN(C(=O)c1ccc3cc[nH]c3c1)C2. The molecule has 0 radical (unpaired) electrons. The zero-order valence-electron chi connectivity index (χ0n) is 17.7. The number of nitrogens with zero attached hydrogens (tertiary/aromatic N) is 2. The fourth-order valence-electron chi connectivity index (χ4n) is 4.98. The van der Waals surface area contributed by atoms with Crippen LogP contribution in [0.3, 0.4) is 0 Å². The summed E-state index contributed by atoms with van der Waals surface area (Å²) in [6, 6.07) is 13.2. The normalized spacial score (nSPS) is 17.6. The van der Waals surface area contributed by atoms with E-state index in [9.17, 15) is 9.59 Å². The molecule has 5 nitrogen and oxygen atoms in total. The quantitative estimate of drug-likeness (QED) is 0.572. The summed E-state index contributed by atoms with van der Waals surface area (Å²) in [6.45, 7) is 3.06. The van der Waals surface area contributed by atoms with Gasteiger partial charge in [0.2, 0.25) is 5.91 Å². The first-order valence-electron chi connectivity index (χ1n) is 11.0. The van der Waals surface area contributed by atoms with Crippen LogP contribution in [-0.4, -0.2) is 52.8 Å². The summed E-state index contributed by atoms with van der Waals surface area (Å²) in [5.41, 5.74) is 2.85. The van der Waals surface area contributed by atoms with Crippen molar-refractivity contribution in [1.82, 2.24) is 14.8 Å². The predicted molar refractivity (Wildman–Crippen MR) is 127 cm³/mol. The second kappa shape index (κ2) is 8.45. The molecule has 2 saturated heterocycles. The number of aryl methyl sites for hydroxylation is 1. The van der Waals surface area contributed by atoms with Gasteiger partial charge in [-0.05, 0) is 66.6 Å². The van der Waals surface area contributed by atoms with Gasteiger partial charge in [0.05, 0.1) is 0 Å². The number of H-pyrrole nitrogens is 1. The molecule has 0 bridgehead atoms. The van der Waals surface area contributed by atoms with E-state index in [2.05, 4.69) is 4.98 Å². The molecule has 32 heavy (non-hydrogen) atoms. The van der Waals surface area contributed by atoms with E-state index in [1.165, 1.54) is 0 Å². The Morgan fingerprint density at radius 3 is 2.38 bits per heavy atom. The largest absolute Gasteiger partial charge is 0.361 e. The summed E-state index contributed by atoms with van der Waals surface area (Å²) in [5, 5.41) is 2.30. The maximum absolute atomic E-state index is 12.9. The Kier molecular flexibility index (Phi) is 5.64. The summed E-state index contributed by atoms with van der Waals surface area (Å²) >= 11 is 12.1. The van der Waals surface area contributed by atoms with Gasteiger partial charge < -0.3 is 14.8 Å². The molecule has 2 aromatic carbocycles. The minimum Gasteiger partial charge on any atom is -0.361 e. The van der Waals surface area contributed by atoms with Crippen LogP contribution < -0.4 is 0 Å². The highest BCUT2D eigenvalue weighted by molar-refractivity contribution is 6.34. The highest BCUT2D eigenvalue weighted by atomic mass is 35.5. The van der Waals surface area contributed by atoms with E-state index in [0.717, 1.165) is 61.1 Å². The lowest BCUT2D eigenvalue weighted by molar-refractivity contribution is -0.135. The van der Waals surface area contributed by atoms with Crippen molar-refractivity contribution in [2.45, 2.75) is 25.7 Å². The number of fused-ring (bicyclic) bond motifs is 1. The van der Waals surface area contributed by atoms with Crippen LogP contribution in [0.4, 0.5) is 0 Å². The second-order valence-electron chi connectivity index (χ2n) is 9.10. The Morgan fingerprint density at radius 1 is 0.938 bits per heavy atom. The van der Waals surface area contributed by atoms with Crippen LogP contribution in [0.2, 0.25) is 10.0 Å². The Bertz CT molecular complexity index is 1150. The van der Waals surface area contributed by atoms with Gasteiger partial charge in [-0.2, -0.15) is 0 Å². The number of hydrogen-bond acceptors (Lipinski definition) is 2. The number of nitrogens with one attached hydrogen (secondary N) is 1. The smallest absolute Gasteiger partial charge is 0.253 e. The lowest BCUT2D eigenvalue weighted by atomic mass is 9.71. The number of hydrogen-bond donors (Lipinski definition) is 1. The van der Waals surface area contributed by atoms with Gasteiger partial charge in [0.15, 0.2) is 0 Å². The molecule has 0 aliphatic carbocycles. The first kappa shape index (κ1) is 21.4.